The van der Waals surface area contributed by atoms with Gasteiger partial charge in [0.1, 0.15) is 6.61 Å². The van der Waals surface area contributed by atoms with Crippen LogP contribution in [0.15, 0.2) is 43.0 Å². The number of aliphatic carboxylic acids is 1. The standard InChI is InChI=1S/C17H22N2O4/c1-2-11-23-16(22)18-17(15(20)21)9-6-10-19(13-17)12-14-7-4-3-5-8-14/h2-5,7-8H,1,6,9-13H2,(H,18,22)(H,20,21). The molecule has 6 heteroatoms. The molecule has 1 aromatic carbocycles. The maximum absolute atomic E-state index is 11.8. The van der Waals surface area contributed by atoms with Gasteiger partial charge in [-0.05, 0) is 24.9 Å². The molecule has 0 aromatic heterocycles. The number of nitrogens with one attached hydrogen (secondary N) is 1. The molecule has 1 atom stereocenters. The van der Waals surface area contributed by atoms with Crippen LogP contribution in [0.4, 0.5) is 4.79 Å². The average molecular weight is 318 g/mol. The Morgan fingerprint density at radius 1 is 1.39 bits per heavy atom. The minimum atomic E-state index is -1.31. The summed E-state index contributed by atoms with van der Waals surface area (Å²) in [6.07, 6.45) is 1.79. The fourth-order valence-corrected chi connectivity index (χ4v) is 2.82. The lowest BCUT2D eigenvalue weighted by molar-refractivity contribution is -0.147. The first-order valence-corrected chi connectivity index (χ1v) is 7.61. The highest BCUT2D eigenvalue weighted by Gasteiger charge is 2.44. The Hall–Kier alpha value is -2.34. The van der Waals surface area contributed by atoms with E-state index in [0.717, 1.165) is 12.1 Å². The van der Waals surface area contributed by atoms with Crippen LogP contribution in [0.3, 0.4) is 0 Å². The molecule has 1 aliphatic rings. The zero-order chi connectivity index (χ0) is 16.7. The number of hydrogen-bond acceptors (Lipinski definition) is 4. The van der Waals surface area contributed by atoms with Gasteiger partial charge in [-0.1, -0.05) is 43.0 Å². The van der Waals surface area contributed by atoms with Crippen molar-refractivity contribution in [1.82, 2.24) is 10.2 Å². The lowest BCUT2D eigenvalue weighted by Crippen LogP contribution is -2.63. The first kappa shape index (κ1) is 17.0. The number of benzene rings is 1. The maximum atomic E-state index is 11.8. The summed E-state index contributed by atoms with van der Waals surface area (Å²) in [5, 5.41) is 12.2. The van der Waals surface area contributed by atoms with Crippen LogP contribution in [-0.4, -0.2) is 47.3 Å². The molecule has 0 radical (unpaired) electrons. The van der Waals surface area contributed by atoms with Gasteiger partial charge < -0.3 is 15.2 Å². The Kier molecular flexibility index (Phi) is 5.76. The van der Waals surface area contributed by atoms with Crippen LogP contribution in [0.5, 0.6) is 0 Å². The van der Waals surface area contributed by atoms with Crippen molar-refractivity contribution < 1.29 is 19.4 Å². The molecule has 1 heterocycles. The van der Waals surface area contributed by atoms with Crippen LogP contribution in [0.25, 0.3) is 0 Å². The quantitative estimate of drug-likeness (QED) is 0.785. The molecule has 6 nitrogen and oxygen atoms in total. The van der Waals surface area contributed by atoms with Crippen LogP contribution < -0.4 is 5.32 Å². The number of carbonyl (C=O) groups excluding carboxylic acids is 1. The summed E-state index contributed by atoms with van der Waals surface area (Å²) in [5.74, 6) is -1.04. The third-order valence-corrected chi connectivity index (χ3v) is 3.90. The second-order valence-corrected chi connectivity index (χ2v) is 5.70. The van der Waals surface area contributed by atoms with Gasteiger partial charge in [-0.2, -0.15) is 0 Å². The number of hydrogen-bond donors (Lipinski definition) is 2. The number of carboxylic acid groups (broad SMARTS) is 1. The summed E-state index contributed by atoms with van der Waals surface area (Å²) in [6.45, 7) is 5.21. The van der Waals surface area contributed by atoms with Gasteiger partial charge in [-0.25, -0.2) is 9.59 Å². The summed E-state index contributed by atoms with van der Waals surface area (Å²) in [5.41, 5.74) is -0.200. The molecule has 124 valence electrons. The number of likely N-dealkylation sites (tertiary alicyclic amines) is 1. The van der Waals surface area contributed by atoms with E-state index in [4.69, 9.17) is 4.74 Å². The van der Waals surface area contributed by atoms with E-state index < -0.39 is 17.6 Å². The van der Waals surface area contributed by atoms with E-state index in [2.05, 4.69) is 11.9 Å². The van der Waals surface area contributed by atoms with Crippen molar-refractivity contribution in [3.8, 4) is 0 Å². The molecule has 1 fully saturated rings. The lowest BCUT2D eigenvalue weighted by atomic mass is 9.89. The summed E-state index contributed by atoms with van der Waals surface area (Å²) in [6, 6.07) is 9.85. The molecular formula is C17H22N2O4. The summed E-state index contributed by atoms with van der Waals surface area (Å²) in [7, 11) is 0. The number of amides is 1. The van der Waals surface area contributed by atoms with Gasteiger partial charge in [0, 0.05) is 13.1 Å². The summed E-state index contributed by atoms with van der Waals surface area (Å²) >= 11 is 0. The van der Waals surface area contributed by atoms with Crippen LogP contribution in [0, 0.1) is 0 Å². The molecule has 1 aliphatic heterocycles. The second-order valence-electron chi connectivity index (χ2n) is 5.70. The highest BCUT2D eigenvalue weighted by Crippen LogP contribution is 2.23. The molecule has 1 amide bonds. The van der Waals surface area contributed by atoms with Crippen molar-refractivity contribution >= 4 is 12.1 Å². The van der Waals surface area contributed by atoms with E-state index >= 15 is 0 Å². The second kappa shape index (κ2) is 7.78. The summed E-state index contributed by atoms with van der Waals surface area (Å²) < 4.78 is 4.87. The van der Waals surface area contributed by atoms with Gasteiger partial charge in [0.15, 0.2) is 5.54 Å². The first-order valence-electron chi connectivity index (χ1n) is 7.61. The van der Waals surface area contributed by atoms with Crippen LogP contribution in [0.1, 0.15) is 18.4 Å². The minimum Gasteiger partial charge on any atom is -0.479 e. The molecule has 0 spiro atoms. The van der Waals surface area contributed by atoms with Crippen LogP contribution in [-0.2, 0) is 16.1 Å². The molecule has 2 N–H and O–H groups in total. The van der Waals surface area contributed by atoms with Gasteiger partial charge in [-0.3, -0.25) is 4.90 Å². The highest BCUT2D eigenvalue weighted by molar-refractivity contribution is 5.84. The average Bonchev–Trinajstić information content (AvgIpc) is 2.54. The third-order valence-electron chi connectivity index (χ3n) is 3.90. The number of rotatable bonds is 6. The van der Waals surface area contributed by atoms with E-state index in [1.807, 2.05) is 35.2 Å². The molecule has 23 heavy (non-hydrogen) atoms. The molecule has 2 rings (SSSR count). The van der Waals surface area contributed by atoms with Crippen molar-refractivity contribution in [3.05, 3.63) is 48.6 Å². The van der Waals surface area contributed by atoms with Crippen molar-refractivity contribution in [3.63, 3.8) is 0 Å². The third kappa shape index (κ3) is 4.56. The van der Waals surface area contributed by atoms with Gasteiger partial charge in [-0.15, -0.1) is 0 Å². The number of carbonyl (C=O) groups is 2. The Morgan fingerprint density at radius 3 is 2.78 bits per heavy atom. The SMILES string of the molecule is C=CCOC(=O)NC1(C(=O)O)CCCN(Cc2ccccc2)C1. The molecule has 0 aliphatic carbocycles. The van der Waals surface area contributed by atoms with Crippen molar-refractivity contribution in [2.24, 2.45) is 0 Å². The Morgan fingerprint density at radius 2 is 2.13 bits per heavy atom. The van der Waals surface area contributed by atoms with Crippen LogP contribution >= 0.6 is 0 Å². The van der Waals surface area contributed by atoms with E-state index in [9.17, 15) is 14.7 Å². The first-order chi connectivity index (χ1) is 11.1. The number of carboxylic acids is 1. The molecule has 1 saturated heterocycles. The molecule has 0 bridgehead atoms. The predicted octanol–water partition coefficient (Wildman–Crippen LogP) is 2.02. The normalized spacial score (nSPS) is 21.4. The molecular weight excluding hydrogens is 296 g/mol. The minimum absolute atomic E-state index is 0.0509. The number of ether oxygens (including phenoxy) is 1. The smallest absolute Gasteiger partial charge is 0.408 e. The fourth-order valence-electron chi connectivity index (χ4n) is 2.82. The number of nitrogens with zero attached hydrogens (tertiary/aromatic N) is 1. The van der Waals surface area contributed by atoms with E-state index in [-0.39, 0.29) is 13.2 Å². The molecule has 0 saturated carbocycles. The fraction of sp³-hybridized carbons (Fsp3) is 0.412. The van der Waals surface area contributed by atoms with Gasteiger partial charge >= 0.3 is 12.1 Å². The van der Waals surface area contributed by atoms with E-state index in [0.29, 0.717) is 19.4 Å². The number of piperidine rings is 1. The largest absolute Gasteiger partial charge is 0.479 e. The Bertz CT molecular complexity index is 561. The topological polar surface area (TPSA) is 78.9 Å². The van der Waals surface area contributed by atoms with E-state index in [1.165, 1.54) is 6.08 Å². The highest BCUT2D eigenvalue weighted by atomic mass is 16.5. The van der Waals surface area contributed by atoms with Crippen LogP contribution in [0.2, 0.25) is 0 Å². The Labute approximate surface area is 135 Å². The van der Waals surface area contributed by atoms with E-state index in [1.54, 1.807) is 0 Å². The maximum Gasteiger partial charge on any atom is 0.408 e. The van der Waals surface area contributed by atoms with Crippen molar-refractivity contribution in [2.45, 2.75) is 24.9 Å². The summed E-state index contributed by atoms with van der Waals surface area (Å²) in [4.78, 5) is 25.6. The van der Waals surface area contributed by atoms with Crippen molar-refractivity contribution in [2.75, 3.05) is 19.7 Å². The van der Waals surface area contributed by atoms with Crippen molar-refractivity contribution in [1.29, 1.82) is 0 Å². The predicted molar refractivity (Wildman–Crippen MR) is 86.0 cm³/mol. The van der Waals surface area contributed by atoms with Gasteiger partial charge in [0.2, 0.25) is 0 Å². The zero-order valence-corrected chi connectivity index (χ0v) is 13.0. The van der Waals surface area contributed by atoms with Gasteiger partial charge in [0.25, 0.3) is 0 Å². The molecule has 1 unspecified atom stereocenters. The molecule has 1 aromatic rings. The lowest BCUT2D eigenvalue weighted by Gasteiger charge is -2.40. The Balaban J connectivity index is 2.05. The zero-order valence-electron chi connectivity index (χ0n) is 13.0. The monoisotopic (exact) mass is 318 g/mol. The van der Waals surface area contributed by atoms with Gasteiger partial charge in [0.05, 0.1) is 0 Å². The number of alkyl carbamates (subject to hydrolysis) is 1.